The van der Waals surface area contributed by atoms with E-state index in [-0.39, 0.29) is 6.29 Å². The van der Waals surface area contributed by atoms with Crippen molar-refractivity contribution in [2.24, 2.45) is 0 Å². The lowest BCUT2D eigenvalue weighted by molar-refractivity contribution is -0.140. The molecule has 0 aliphatic carbocycles. The van der Waals surface area contributed by atoms with E-state index in [9.17, 15) is 0 Å². The van der Waals surface area contributed by atoms with Crippen LogP contribution in [0.2, 0.25) is 0 Å². The minimum Gasteiger partial charge on any atom is -0.349 e. The SMILES string of the molecule is CCOC(OCC)c1ccccc1C. The van der Waals surface area contributed by atoms with E-state index < -0.39 is 0 Å². The van der Waals surface area contributed by atoms with Gasteiger partial charge in [-0.25, -0.2) is 0 Å². The molecule has 0 aromatic heterocycles. The van der Waals surface area contributed by atoms with Gasteiger partial charge in [0.25, 0.3) is 0 Å². The van der Waals surface area contributed by atoms with Crippen molar-refractivity contribution in [1.82, 2.24) is 0 Å². The Balaban J connectivity index is 2.81. The fourth-order valence-electron chi connectivity index (χ4n) is 1.38. The number of ether oxygens (including phenoxy) is 2. The second-order valence-corrected chi connectivity index (χ2v) is 3.10. The Kier molecular flexibility index (Phi) is 4.63. The number of benzene rings is 1. The molecule has 0 saturated heterocycles. The van der Waals surface area contributed by atoms with Crippen molar-refractivity contribution in [2.45, 2.75) is 27.1 Å². The molecule has 1 aromatic carbocycles. The molecule has 0 N–H and O–H groups in total. The summed E-state index contributed by atoms with van der Waals surface area (Å²) >= 11 is 0. The van der Waals surface area contributed by atoms with Crippen LogP contribution in [0, 0.1) is 6.92 Å². The van der Waals surface area contributed by atoms with E-state index in [0.717, 1.165) is 5.56 Å². The van der Waals surface area contributed by atoms with Gasteiger partial charge in [-0.2, -0.15) is 0 Å². The number of aryl methyl sites for hydroxylation is 1. The van der Waals surface area contributed by atoms with Crippen LogP contribution in [-0.4, -0.2) is 13.2 Å². The van der Waals surface area contributed by atoms with Crippen LogP contribution in [0.25, 0.3) is 0 Å². The molecular formula is C12H18O2. The number of hydrogen-bond donors (Lipinski definition) is 0. The van der Waals surface area contributed by atoms with E-state index in [2.05, 4.69) is 13.0 Å². The van der Waals surface area contributed by atoms with E-state index in [1.54, 1.807) is 0 Å². The van der Waals surface area contributed by atoms with Crippen LogP contribution in [0.5, 0.6) is 0 Å². The molecule has 0 radical (unpaired) electrons. The van der Waals surface area contributed by atoms with Crippen molar-refractivity contribution in [3.8, 4) is 0 Å². The Hall–Kier alpha value is -0.860. The van der Waals surface area contributed by atoms with Crippen molar-refractivity contribution < 1.29 is 9.47 Å². The third kappa shape index (κ3) is 2.82. The maximum atomic E-state index is 5.53. The lowest BCUT2D eigenvalue weighted by atomic mass is 10.1. The molecule has 2 heteroatoms. The highest BCUT2D eigenvalue weighted by Crippen LogP contribution is 2.21. The van der Waals surface area contributed by atoms with E-state index >= 15 is 0 Å². The predicted octanol–water partition coefficient (Wildman–Crippen LogP) is 3.07. The molecule has 0 unspecified atom stereocenters. The normalized spacial score (nSPS) is 10.9. The molecule has 0 aliphatic rings. The number of rotatable bonds is 5. The Morgan fingerprint density at radius 3 is 2.14 bits per heavy atom. The first-order chi connectivity index (χ1) is 6.79. The van der Waals surface area contributed by atoms with Gasteiger partial charge < -0.3 is 9.47 Å². The number of hydrogen-bond acceptors (Lipinski definition) is 2. The molecule has 1 aromatic rings. The summed E-state index contributed by atoms with van der Waals surface area (Å²) < 4.78 is 11.1. The zero-order valence-electron chi connectivity index (χ0n) is 9.12. The largest absolute Gasteiger partial charge is 0.349 e. The second-order valence-electron chi connectivity index (χ2n) is 3.10. The lowest BCUT2D eigenvalue weighted by Crippen LogP contribution is -2.10. The van der Waals surface area contributed by atoms with E-state index in [0.29, 0.717) is 13.2 Å². The molecule has 0 aliphatic heterocycles. The van der Waals surface area contributed by atoms with Gasteiger partial charge in [0.15, 0.2) is 6.29 Å². The topological polar surface area (TPSA) is 18.5 Å². The van der Waals surface area contributed by atoms with Gasteiger partial charge in [-0.3, -0.25) is 0 Å². The minimum atomic E-state index is -0.216. The molecule has 14 heavy (non-hydrogen) atoms. The zero-order valence-corrected chi connectivity index (χ0v) is 9.12. The smallest absolute Gasteiger partial charge is 0.184 e. The summed E-state index contributed by atoms with van der Waals surface area (Å²) in [4.78, 5) is 0. The monoisotopic (exact) mass is 194 g/mol. The Bertz CT molecular complexity index is 265. The summed E-state index contributed by atoms with van der Waals surface area (Å²) in [7, 11) is 0. The summed E-state index contributed by atoms with van der Waals surface area (Å²) in [5, 5.41) is 0. The van der Waals surface area contributed by atoms with Crippen molar-refractivity contribution >= 4 is 0 Å². The molecule has 0 atom stereocenters. The van der Waals surface area contributed by atoms with Crippen LogP contribution in [0.15, 0.2) is 24.3 Å². The molecule has 0 amide bonds. The van der Waals surface area contributed by atoms with Gasteiger partial charge in [0.05, 0.1) is 0 Å². The predicted molar refractivity (Wildman–Crippen MR) is 57.2 cm³/mol. The highest BCUT2D eigenvalue weighted by molar-refractivity contribution is 5.26. The van der Waals surface area contributed by atoms with Crippen molar-refractivity contribution in [3.63, 3.8) is 0 Å². The Morgan fingerprint density at radius 2 is 1.64 bits per heavy atom. The van der Waals surface area contributed by atoms with Gasteiger partial charge in [-0.05, 0) is 26.3 Å². The third-order valence-electron chi connectivity index (χ3n) is 2.08. The molecule has 0 fully saturated rings. The molecule has 0 heterocycles. The van der Waals surface area contributed by atoms with E-state index in [1.807, 2.05) is 32.0 Å². The molecular weight excluding hydrogens is 176 g/mol. The van der Waals surface area contributed by atoms with Crippen LogP contribution in [-0.2, 0) is 9.47 Å². The highest BCUT2D eigenvalue weighted by atomic mass is 16.7. The van der Waals surface area contributed by atoms with Gasteiger partial charge in [0, 0.05) is 18.8 Å². The zero-order chi connectivity index (χ0) is 10.4. The van der Waals surface area contributed by atoms with Crippen LogP contribution < -0.4 is 0 Å². The Morgan fingerprint density at radius 1 is 1.07 bits per heavy atom. The van der Waals surface area contributed by atoms with Gasteiger partial charge in [0.2, 0.25) is 0 Å². The first kappa shape index (κ1) is 11.2. The van der Waals surface area contributed by atoms with Crippen molar-refractivity contribution in [2.75, 3.05) is 13.2 Å². The van der Waals surface area contributed by atoms with Gasteiger partial charge in [-0.1, -0.05) is 24.3 Å². The van der Waals surface area contributed by atoms with Gasteiger partial charge >= 0.3 is 0 Å². The highest BCUT2D eigenvalue weighted by Gasteiger charge is 2.12. The first-order valence-corrected chi connectivity index (χ1v) is 5.08. The van der Waals surface area contributed by atoms with E-state index in [1.165, 1.54) is 5.56 Å². The van der Waals surface area contributed by atoms with Crippen LogP contribution in [0.1, 0.15) is 31.3 Å². The van der Waals surface area contributed by atoms with Crippen LogP contribution in [0.4, 0.5) is 0 Å². The standard InChI is InChI=1S/C12H18O2/c1-4-13-12(14-5-2)11-9-7-6-8-10(11)3/h6-9,12H,4-5H2,1-3H3. The van der Waals surface area contributed by atoms with Gasteiger partial charge in [0.1, 0.15) is 0 Å². The van der Waals surface area contributed by atoms with Crippen molar-refractivity contribution in [3.05, 3.63) is 35.4 Å². The summed E-state index contributed by atoms with van der Waals surface area (Å²) in [5.74, 6) is 0. The molecule has 2 nitrogen and oxygen atoms in total. The molecule has 0 spiro atoms. The quantitative estimate of drug-likeness (QED) is 0.671. The third-order valence-corrected chi connectivity index (χ3v) is 2.08. The average molecular weight is 194 g/mol. The maximum absolute atomic E-state index is 5.53. The summed E-state index contributed by atoms with van der Waals surface area (Å²) in [6.45, 7) is 7.35. The Labute approximate surface area is 85.8 Å². The lowest BCUT2D eigenvalue weighted by Gasteiger charge is -2.18. The molecule has 0 bridgehead atoms. The molecule has 0 saturated carbocycles. The van der Waals surface area contributed by atoms with Gasteiger partial charge in [-0.15, -0.1) is 0 Å². The van der Waals surface area contributed by atoms with Crippen LogP contribution in [0.3, 0.4) is 0 Å². The minimum absolute atomic E-state index is 0.216. The van der Waals surface area contributed by atoms with Crippen LogP contribution >= 0.6 is 0 Å². The molecule has 78 valence electrons. The first-order valence-electron chi connectivity index (χ1n) is 5.08. The summed E-state index contributed by atoms with van der Waals surface area (Å²) in [6, 6.07) is 8.15. The van der Waals surface area contributed by atoms with E-state index in [4.69, 9.17) is 9.47 Å². The summed E-state index contributed by atoms with van der Waals surface area (Å²) in [5.41, 5.74) is 2.33. The second kappa shape index (κ2) is 5.78. The summed E-state index contributed by atoms with van der Waals surface area (Å²) in [6.07, 6.45) is -0.216. The maximum Gasteiger partial charge on any atom is 0.184 e. The fraction of sp³-hybridized carbons (Fsp3) is 0.500. The average Bonchev–Trinajstić information content (AvgIpc) is 2.18. The van der Waals surface area contributed by atoms with Crippen molar-refractivity contribution in [1.29, 1.82) is 0 Å². The molecule has 1 rings (SSSR count). The fourth-order valence-corrected chi connectivity index (χ4v) is 1.38.